The van der Waals surface area contributed by atoms with E-state index in [1.165, 1.54) is 5.56 Å². The van der Waals surface area contributed by atoms with Crippen LogP contribution in [0.2, 0.25) is 0 Å². The van der Waals surface area contributed by atoms with Crippen LogP contribution < -0.4 is 4.90 Å². The highest BCUT2D eigenvalue weighted by molar-refractivity contribution is 7.11. The zero-order chi connectivity index (χ0) is 19.3. The Hall–Kier alpha value is -2.80. The summed E-state index contributed by atoms with van der Waals surface area (Å²) >= 11 is 1.66. The molecule has 1 aliphatic heterocycles. The second kappa shape index (κ2) is 8.48. The number of carbonyl (C=O) groups excluding carboxylic acids is 1. The third-order valence-electron chi connectivity index (χ3n) is 4.91. The summed E-state index contributed by atoms with van der Waals surface area (Å²) in [5.41, 5.74) is 2.22. The molecule has 0 spiro atoms. The molecule has 0 unspecified atom stereocenters. The fourth-order valence-corrected chi connectivity index (χ4v) is 4.45. The number of hydrogen-bond acceptors (Lipinski definition) is 6. The van der Waals surface area contributed by atoms with Crippen LogP contribution in [0, 0.1) is 6.92 Å². The molecular formula is C21H23N5OS. The van der Waals surface area contributed by atoms with Gasteiger partial charge in [-0.1, -0.05) is 30.3 Å². The van der Waals surface area contributed by atoms with Crippen LogP contribution in [0.4, 0.5) is 5.95 Å². The third kappa shape index (κ3) is 4.36. The Balaban J connectivity index is 1.34. The molecule has 7 heteroatoms. The summed E-state index contributed by atoms with van der Waals surface area (Å²) in [6, 6.07) is 12.1. The summed E-state index contributed by atoms with van der Waals surface area (Å²) in [7, 11) is 0. The van der Waals surface area contributed by atoms with E-state index in [0.717, 1.165) is 41.0 Å². The fourth-order valence-electron chi connectivity index (χ4n) is 3.36. The first-order valence-corrected chi connectivity index (χ1v) is 10.3. The van der Waals surface area contributed by atoms with E-state index in [4.69, 9.17) is 0 Å². The van der Waals surface area contributed by atoms with Crippen molar-refractivity contribution in [2.24, 2.45) is 0 Å². The predicted molar refractivity (Wildman–Crippen MR) is 111 cm³/mol. The number of nitrogens with zero attached hydrogens (tertiary/aromatic N) is 5. The van der Waals surface area contributed by atoms with Crippen molar-refractivity contribution < 1.29 is 4.79 Å². The first-order chi connectivity index (χ1) is 13.7. The van der Waals surface area contributed by atoms with Gasteiger partial charge in [-0.15, -0.1) is 11.3 Å². The lowest BCUT2D eigenvalue weighted by Gasteiger charge is -2.34. The molecule has 0 radical (unpaired) electrons. The lowest BCUT2D eigenvalue weighted by atomic mass is 10.2. The zero-order valence-electron chi connectivity index (χ0n) is 15.9. The highest BCUT2D eigenvalue weighted by Gasteiger charge is 2.23. The second-order valence-corrected chi connectivity index (χ2v) is 8.04. The average molecular weight is 394 g/mol. The van der Waals surface area contributed by atoms with Gasteiger partial charge in [-0.2, -0.15) is 0 Å². The number of aryl methyl sites for hydroxylation is 1. The smallest absolute Gasteiger partial charge is 0.228 e. The second-order valence-electron chi connectivity index (χ2n) is 6.87. The minimum absolute atomic E-state index is 0.173. The molecule has 0 saturated carbocycles. The molecule has 3 heterocycles. The van der Waals surface area contributed by atoms with Crippen molar-refractivity contribution in [3.05, 3.63) is 69.9 Å². The van der Waals surface area contributed by atoms with Crippen molar-refractivity contribution in [1.29, 1.82) is 0 Å². The molecule has 4 rings (SSSR count). The minimum atomic E-state index is 0.173. The first-order valence-electron chi connectivity index (χ1n) is 9.48. The van der Waals surface area contributed by atoms with Gasteiger partial charge in [0.1, 0.15) is 0 Å². The molecule has 6 nitrogen and oxygen atoms in total. The van der Waals surface area contributed by atoms with Gasteiger partial charge in [0.05, 0.1) is 17.1 Å². The van der Waals surface area contributed by atoms with Crippen molar-refractivity contribution in [2.75, 3.05) is 31.1 Å². The molecule has 0 bridgehead atoms. The zero-order valence-corrected chi connectivity index (χ0v) is 16.7. The van der Waals surface area contributed by atoms with Crippen molar-refractivity contribution in [3.63, 3.8) is 0 Å². The van der Waals surface area contributed by atoms with E-state index in [1.807, 2.05) is 36.1 Å². The number of aromatic nitrogens is 3. The van der Waals surface area contributed by atoms with Gasteiger partial charge in [0.25, 0.3) is 0 Å². The maximum absolute atomic E-state index is 12.8. The molecule has 1 saturated heterocycles. The van der Waals surface area contributed by atoms with Gasteiger partial charge in [0, 0.05) is 49.9 Å². The number of benzene rings is 1. The van der Waals surface area contributed by atoms with Crippen LogP contribution in [0.15, 0.2) is 48.8 Å². The number of amides is 1. The van der Waals surface area contributed by atoms with E-state index >= 15 is 0 Å². The summed E-state index contributed by atoms with van der Waals surface area (Å²) in [4.78, 5) is 31.2. The van der Waals surface area contributed by atoms with Gasteiger partial charge >= 0.3 is 0 Å². The average Bonchev–Trinajstić information content (AvgIpc) is 3.08. The summed E-state index contributed by atoms with van der Waals surface area (Å²) in [5, 5.41) is 1.07. The van der Waals surface area contributed by atoms with Crippen LogP contribution in [0.3, 0.4) is 0 Å². The van der Waals surface area contributed by atoms with Gasteiger partial charge < -0.3 is 9.80 Å². The molecule has 2 aromatic heterocycles. The Morgan fingerprint density at radius 1 is 1.04 bits per heavy atom. The number of rotatable bonds is 5. The predicted octanol–water partition coefficient (Wildman–Crippen LogP) is 2.72. The summed E-state index contributed by atoms with van der Waals surface area (Å²) < 4.78 is 0. The Kier molecular flexibility index (Phi) is 5.62. The minimum Gasteiger partial charge on any atom is -0.339 e. The monoisotopic (exact) mass is 393 g/mol. The maximum atomic E-state index is 12.8. The van der Waals surface area contributed by atoms with Crippen LogP contribution >= 0.6 is 11.3 Å². The van der Waals surface area contributed by atoms with Gasteiger partial charge in [-0.05, 0) is 18.6 Å². The van der Waals surface area contributed by atoms with E-state index in [2.05, 4.69) is 32.0 Å². The first kappa shape index (κ1) is 18.6. The molecule has 1 fully saturated rings. The highest BCUT2D eigenvalue weighted by atomic mass is 32.1. The fraction of sp³-hybridized carbons (Fsp3) is 0.333. The molecule has 1 aliphatic rings. The quantitative estimate of drug-likeness (QED) is 0.667. The standard InChI is InChI=1S/C21H23N5OS/c1-16-18(28-19(24-16)14-17-6-3-2-4-7-17)15-20(27)25-10-12-26(13-11-25)21-22-8-5-9-23-21/h2-9H,10-15H2,1H3. The Morgan fingerprint density at radius 3 is 2.46 bits per heavy atom. The molecule has 3 aromatic rings. The molecule has 28 heavy (non-hydrogen) atoms. The molecular weight excluding hydrogens is 370 g/mol. The molecule has 0 atom stereocenters. The number of hydrogen-bond donors (Lipinski definition) is 0. The third-order valence-corrected chi connectivity index (χ3v) is 6.07. The maximum Gasteiger partial charge on any atom is 0.228 e. The summed E-state index contributed by atoms with van der Waals surface area (Å²) in [6.45, 7) is 4.92. The Labute approximate surface area is 168 Å². The van der Waals surface area contributed by atoms with E-state index in [-0.39, 0.29) is 5.91 Å². The number of piperazine rings is 1. The highest BCUT2D eigenvalue weighted by Crippen LogP contribution is 2.22. The molecule has 0 N–H and O–H groups in total. The van der Waals surface area contributed by atoms with Crippen LogP contribution in [-0.4, -0.2) is 51.9 Å². The number of carbonyl (C=O) groups is 1. The lowest BCUT2D eigenvalue weighted by molar-refractivity contribution is -0.130. The van der Waals surface area contributed by atoms with Crippen LogP contribution in [0.1, 0.15) is 21.1 Å². The van der Waals surface area contributed by atoms with Gasteiger partial charge in [-0.3, -0.25) is 4.79 Å². The van der Waals surface area contributed by atoms with Crippen molar-refractivity contribution in [3.8, 4) is 0 Å². The van der Waals surface area contributed by atoms with Gasteiger partial charge in [-0.25, -0.2) is 15.0 Å². The van der Waals surface area contributed by atoms with Crippen molar-refractivity contribution >= 4 is 23.2 Å². The Morgan fingerprint density at radius 2 is 1.75 bits per heavy atom. The van der Waals surface area contributed by atoms with Gasteiger partial charge in [0.2, 0.25) is 11.9 Å². The summed E-state index contributed by atoms with van der Waals surface area (Å²) in [5.74, 6) is 0.907. The van der Waals surface area contributed by atoms with E-state index in [1.54, 1.807) is 23.7 Å². The lowest BCUT2D eigenvalue weighted by Crippen LogP contribution is -2.49. The molecule has 0 aliphatic carbocycles. The van der Waals surface area contributed by atoms with E-state index in [9.17, 15) is 4.79 Å². The van der Waals surface area contributed by atoms with Crippen LogP contribution in [0.25, 0.3) is 0 Å². The molecule has 1 amide bonds. The molecule has 1 aromatic carbocycles. The van der Waals surface area contributed by atoms with Crippen molar-refractivity contribution in [2.45, 2.75) is 19.8 Å². The van der Waals surface area contributed by atoms with Gasteiger partial charge in [0.15, 0.2) is 0 Å². The van der Waals surface area contributed by atoms with Crippen LogP contribution in [0.5, 0.6) is 0 Å². The summed E-state index contributed by atoms with van der Waals surface area (Å²) in [6.07, 6.45) is 4.75. The molecule has 144 valence electrons. The van der Waals surface area contributed by atoms with E-state index < -0.39 is 0 Å². The topological polar surface area (TPSA) is 62.2 Å². The number of anilines is 1. The van der Waals surface area contributed by atoms with E-state index in [0.29, 0.717) is 19.5 Å². The Bertz CT molecular complexity index is 920. The van der Waals surface area contributed by atoms with Crippen LogP contribution in [-0.2, 0) is 17.6 Å². The largest absolute Gasteiger partial charge is 0.339 e. The van der Waals surface area contributed by atoms with Crippen molar-refractivity contribution in [1.82, 2.24) is 19.9 Å². The number of thiazole rings is 1. The normalized spacial score (nSPS) is 14.3. The SMILES string of the molecule is Cc1nc(Cc2ccccc2)sc1CC(=O)N1CCN(c2ncccn2)CC1.